The molecule has 1 aromatic rings. The highest BCUT2D eigenvalue weighted by Crippen LogP contribution is 2.29. The van der Waals surface area contributed by atoms with E-state index in [1.165, 1.54) is 12.0 Å². The van der Waals surface area contributed by atoms with E-state index in [1.54, 1.807) is 0 Å². The van der Waals surface area contributed by atoms with Gasteiger partial charge < -0.3 is 5.11 Å². The van der Waals surface area contributed by atoms with E-state index in [1.807, 2.05) is 13.8 Å². The van der Waals surface area contributed by atoms with E-state index in [-0.39, 0.29) is 0 Å². The summed E-state index contributed by atoms with van der Waals surface area (Å²) in [6.45, 7) is 8.30. The molecule has 1 N–H and O–H groups in total. The van der Waals surface area contributed by atoms with Gasteiger partial charge in [-0.1, -0.05) is 37.3 Å². The van der Waals surface area contributed by atoms with Gasteiger partial charge in [-0.05, 0) is 44.7 Å². The molecule has 0 spiro atoms. The largest absolute Gasteiger partial charge is 0.389 e. The van der Waals surface area contributed by atoms with Crippen LogP contribution in [0.3, 0.4) is 0 Å². The Balaban J connectivity index is 2.01. The maximum absolute atomic E-state index is 10.2. The van der Waals surface area contributed by atoms with Crippen LogP contribution in [-0.2, 0) is 0 Å². The van der Waals surface area contributed by atoms with Crippen molar-refractivity contribution in [2.24, 2.45) is 0 Å². The summed E-state index contributed by atoms with van der Waals surface area (Å²) in [5.74, 6) is 0.522. The van der Waals surface area contributed by atoms with E-state index in [0.717, 1.165) is 19.5 Å². The predicted molar refractivity (Wildman–Crippen MR) is 75.7 cm³/mol. The molecule has 0 aromatic heterocycles. The number of rotatable bonds is 4. The lowest BCUT2D eigenvalue weighted by atomic mass is 9.95. The number of aliphatic hydroxyl groups is 1. The summed E-state index contributed by atoms with van der Waals surface area (Å²) >= 11 is 0. The van der Waals surface area contributed by atoms with E-state index >= 15 is 0 Å². The minimum Gasteiger partial charge on any atom is -0.389 e. The van der Waals surface area contributed by atoms with Crippen LogP contribution < -0.4 is 0 Å². The molecule has 2 atom stereocenters. The van der Waals surface area contributed by atoms with Crippen LogP contribution >= 0.6 is 0 Å². The van der Waals surface area contributed by atoms with Crippen LogP contribution in [0.2, 0.25) is 0 Å². The zero-order chi connectivity index (χ0) is 13.2. The van der Waals surface area contributed by atoms with Crippen molar-refractivity contribution in [3.8, 4) is 0 Å². The van der Waals surface area contributed by atoms with Gasteiger partial charge in [-0.2, -0.15) is 0 Å². The third-order valence-corrected chi connectivity index (χ3v) is 4.06. The van der Waals surface area contributed by atoms with Crippen LogP contribution in [0.4, 0.5) is 0 Å². The van der Waals surface area contributed by atoms with Gasteiger partial charge in [0.25, 0.3) is 0 Å². The maximum atomic E-state index is 10.2. The van der Waals surface area contributed by atoms with Gasteiger partial charge in [-0.3, -0.25) is 4.90 Å². The molecule has 0 saturated carbocycles. The molecule has 100 valence electrons. The summed E-state index contributed by atoms with van der Waals surface area (Å²) in [6, 6.07) is 11.0. The van der Waals surface area contributed by atoms with Gasteiger partial charge in [-0.25, -0.2) is 0 Å². The third kappa shape index (κ3) is 3.12. The quantitative estimate of drug-likeness (QED) is 0.884. The Morgan fingerprint density at radius 2 is 2.00 bits per heavy atom. The van der Waals surface area contributed by atoms with E-state index in [9.17, 15) is 5.11 Å². The van der Waals surface area contributed by atoms with Crippen molar-refractivity contribution in [3.63, 3.8) is 0 Å². The molecular formula is C16H25NO. The Hall–Kier alpha value is -0.860. The molecule has 18 heavy (non-hydrogen) atoms. The van der Waals surface area contributed by atoms with Gasteiger partial charge in [0.2, 0.25) is 0 Å². The van der Waals surface area contributed by atoms with Crippen LogP contribution in [0.1, 0.15) is 45.1 Å². The van der Waals surface area contributed by atoms with Crippen LogP contribution in [-0.4, -0.2) is 34.7 Å². The highest BCUT2D eigenvalue weighted by Gasteiger charge is 2.36. The summed E-state index contributed by atoms with van der Waals surface area (Å²) in [5.41, 5.74) is 0.797. The zero-order valence-corrected chi connectivity index (χ0v) is 11.8. The van der Waals surface area contributed by atoms with Gasteiger partial charge in [0.15, 0.2) is 0 Å². The molecule has 0 amide bonds. The minimum atomic E-state index is -0.590. The Labute approximate surface area is 111 Å². The summed E-state index contributed by atoms with van der Waals surface area (Å²) in [7, 11) is 0. The Morgan fingerprint density at radius 3 is 2.61 bits per heavy atom. The first-order chi connectivity index (χ1) is 8.48. The van der Waals surface area contributed by atoms with E-state index < -0.39 is 5.60 Å². The second-order valence-corrected chi connectivity index (χ2v) is 6.12. The Morgan fingerprint density at radius 1 is 1.33 bits per heavy atom. The third-order valence-electron chi connectivity index (χ3n) is 4.06. The molecule has 1 aliphatic heterocycles. The number of hydrogen-bond acceptors (Lipinski definition) is 2. The molecular weight excluding hydrogens is 222 g/mol. The second-order valence-electron chi connectivity index (χ2n) is 6.12. The van der Waals surface area contributed by atoms with Gasteiger partial charge in [-0.15, -0.1) is 0 Å². The van der Waals surface area contributed by atoms with Crippen molar-refractivity contribution < 1.29 is 5.11 Å². The lowest BCUT2D eigenvalue weighted by Crippen LogP contribution is -2.46. The standard InChI is InChI=1S/C16H25NO/c1-13(14-8-5-4-6-9-14)12-17-11-7-10-15(17)16(2,3)18/h4-6,8-9,13,15,18H,7,10-12H2,1-3H3. The Kier molecular flexibility index (Phi) is 4.08. The summed E-state index contributed by atoms with van der Waals surface area (Å²) in [5, 5.41) is 10.2. The van der Waals surface area contributed by atoms with Crippen molar-refractivity contribution in [1.82, 2.24) is 4.90 Å². The molecule has 0 bridgehead atoms. The predicted octanol–water partition coefficient (Wildman–Crippen LogP) is 3.03. The monoisotopic (exact) mass is 247 g/mol. The van der Waals surface area contributed by atoms with Gasteiger partial charge in [0, 0.05) is 12.6 Å². The van der Waals surface area contributed by atoms with Gasteiger partial charge in [0.1, 0.15) is 0 Å². The average molecular weight is 247 g/mol. The maximum Gasteiger partial charge on any atom is 0.0746 e. The number of likely N-dealkylation sites (tertiary alicyclic amines) is 1. The fourth-order valence-corrected chi connectivity index (χ4v) is 3.08. The van der Waals surface area contributed by atoms with E-state index in [4.69, 9.17) is 0 Å². The average Bonchev–Trinajstić information content (AvgIpc) is 2.78. The molecule has 0 radical (unpaired) electrons. The summed E-state index contributed by atoms with van der Waals surface area (Å²) in [6.07, 6.45) is 2.32. The minimum absolute atomic E-state index is 0.309. The smallest absolute Gasteiger partial charge is 0.0746 e. The SMILES string of the molecule is CC(CN1CCCC1C(C)(C)O)c1ccccc1. The lowest BCUT2D eigenvalue weighted by molar-refractivity contribution is -0.00368. The van der Waals surface area contributed by atoms with Crippen LogP contribution in [0.15, 0.2) is 30.3 Å². The van der Waals surface area contributed by atoms with E-state index in [2.05, 4.69) is 42.2 Å². The fraction of sp³-hybridized carbons (Fsp3) is 0.625. The highest BCUT2D eigenvalue weighted by molar-refractivity contribution is 5.19. The molecule has 1 fully saturated rings. The zero-order valence-electron chi connectivity index (χ0n) is 11.8. The number of nitrogens with zero attached hydrogens (tertiary/aromatic N) is 1. The first-order valence-corrected chi connectivity index (χ1v) is 7.00. The van der Waals surface area contributed by atoms with Crippen molar-refractivity contribution in [2.45, 2.75) is 51.2 Å². The molecule has 1 heterocycles. The van der Waals surface area contributed by atoms with Crippen molar-refractivity contribution in [3.05, 3.63) is 35.9 Å². The van der Waals surface area contributed by atoms with Crippen molar-refractivity contribution in [1.29, 1.82) is 0 Å². The van der Waals surface area contributed by atoms with Gasteiger partial charge >= 0.3 is 0 Å². The molecule has 1 saturated heterocycles. The molecule has 2 rings (SSSR count). The number of benzene rings is 1. The first-order valence-electron chi connectivity index (χ1n) is 7.00. The topological polar surface area (TPSA) is 23.5 Å². The Bertz CT molecular complexity index is 368. The molecule has 1 aliphatic rings. The van der Waals surface area contributed by atoms with Crippen LogP contribution in [0, 0.1) is 0 Å². The molecule has 2 unspecified atom stereocenters. The summed E-state index contributed by atoms with van der Waals surface area (Å²) < 4.78 is 0. The normalized spacial score (nSPS) is 23.2. The molecule has 0 aliphatic carbocycles. The van der Waals surface area contributed by atoms with Crippen LogP contribution in [0.5, 0.6) is 0 Å². The number of hydrogen-bond donors (Lipinski definition) is 1. The summed E-state index contributed by atoms with van der Waals surface area (Å²) in [4.78, 5) is 2.46. The first kappa shape index (κ1) is 13.6. The highest BCUT2D eigenvalue weighted by atomic mass is 16.3. The molecule has 2 heteroatoms. The fourth-order valence-electron chi connectivity index (χ4n) is 3.08. The van der Waals surface area contributed by atoms with Crippen molar-refractivity contribution >= 4 is 0 Å². The van der Waals surface area contributed by atoms with E-state index in [0.29, 0.717) is 12.0 Å². The van der Waals surface area contributed by atoms with Crippen molar-refractivity contribution in [2.75, 3.05) is 13.1 Å². The second kappa shape index (κ2) is 5.41. The van der Waals surface area contributed by atoms with Crippen LogP contribution in [0.25, 0.3) is 0 Å². The lowest BCUT2D eigenvalue weighted by Gasteiger charge is -2.35. The van der Waals surface area contributed by atoms with Gasteiger partial charge in [0.05, 0.1) is 5.60 Å². The molecule has 1 aromatic carbocycles. The molecule has 2 nitrogen and oxygen atoms in total.